The van der Waals surface area contributed by atoms with E-state index < -0.39 is 28.7 Å². The molecule has 0 aliphatic heterocycles. The molecule has 0 bridgehead atoms. The van der Waals surface area contributed by atoms with Crippen LogP contribution in [0.5, 0.6) is 5.75 Å². The maximum Gasteiger partial charge on any atom is 0.177 e. The van der Waals surface area contributed by atoms with Gasteiger partial charge in [0.05, 0.1) is 5.41 Å². The summed E-state index contributed by atoms with van der Waals surface area (Å²) in [5.41, 5.74) is 1.03. The Morgan fingerprint density at radius 2 is 1.57 bits per heavy atom. The Morgan fingerprint density at radius 1 is 1.03 bits per heavy atom. The van der Waals surface area contributed by atoms with Crippen LogP contribution in [-0.2, 0) is 14.4 Å². The molecule has 1 aliphatic rings. The van der Waals surface area contributed by atoms with Gasteiger partial charge in [-0.05, 0) is 63.3 Å². The number of ketones is 3. The Morgan fingerprint density at radius 3 is 2.07 bits per heavy atom. The molecule has 0 radical (unpaired) electrons. The van der Waals surface area contributed by atoms with E-state index in [2.05, 4.69) is 13.2 Å². The minimum atomic E-state index is -1.48. The van der Waals surface area contributed by atoms with E-state index in [1.54, 1.807) is 12.1 Å². The highest BCUT2D eigenvalue weighted by Crippen LogP contribution is 2.44. The van der Waals surface area contributed by atoms with Gasteiger partial charge in [-0.15, -0.1) is 13.2 Å². The molecule has 0 amide bonds. The van der Waals surface area contributed by atoms with Gasteiger partial charge < -0.3 is 10.2 Å². The van der Waals surface area contributed by atoms with Crippen molar-refractivity contribution < 1.29 is 24.6 Å². The molecular weight excluding hydrogens is 380 g/mol. The summed E-state index contributed by atoms with van der Waals surface area (Å²) in [4.78, 5) is 38.7. The summed E-state index contributed by atoms with van der Waals surface area (Å²) in [6.07, 6.45) is 5.23. The van der Waals surface area contributed by atoms with E-state index >= 15 is 0 Å². The Bertz CT molecular complexity index is 913. The van der Waals surface area contributed by atoms with Crippen LogP contribution in [-0.4, -0.2) is 27.6 Å². The second-order valence-corrected chi connectivity index (χ2v) is 8.05. The lowest BCUT2D eigenvalue weighted by atomic mass is 9.64. The van der Waals surface area contributed by atoms with Gasteiger partial charge in [-0.3, -0.25) is 14.4 Å². The molecule has 1 aliphatic carbocycles. The molecule has 0 aromatic heterocycles. The number of aliphatic hydroxyl groups is 1. The first-order valence-corrected chi connectivity index (χ1v) is 9.86. The summed E-state index contributed by atoms with van der Waals surface area (Å²) < 4.78 is 0. The number of rotatable bonds is 9. The van der Waals surface area contributed by atoms with Gasteiger partial charge >= 0.3 is 0 Å². The van der Waals surface area contributed by atoms with Crippen LogP contribution in [0.1, 0.15) is 45.1 Å². The van der Waals surface area contributed by atoms with E-state index in [0.717, 1.165) is 17.2 Å². The molecule has 5 heteroatoms. The maximum absolute atomic E-state index is 13.4. The molecule has 1 unspecified atom stereocenters. The van der Waals surface area contributed by atoms with E-state index in [0.29, 0.717) is 18.4 Å². The highest BCUT2D eigenvalue weighted by atomic mass is 16.3. The van der Waals surface area contributed by atoms with Gasteiger partial charge in [-0.2, -0.15) is 0 Å². The first kappa shape index (κ1) is 23.1. The Hall–Kier alpha value is -3.21. The minimum absolute atomic E-state index is 0.0940. The number of phenols is 1. The van der Waals surface area contributed by atoms with Gasteiger partial charge in [0.2, 0.25) is 0 Å². The van der Waals surface area contributed by atoms with Crippen LogP contribution in [0.4, 0.5) is 0 Å². The fourth-order valence-electron chi connectivity index (χ4n) is 3.50. The van der Waals surface area contributed by atoms with Crippen LogP contribution < -0.4 is 0 Å². The van der Waals surface area contributed by atoms with Crippen molar-refractivity contribution in [2.24, 2.45) is 11.3 Å². The average Bonchev–Trinajstić information content (AvgIpc) is 2.66. The van der Waals surface area contributed by atoms with E-state index in [1.807, 2.05) is 13.8 Å². The third kappa shape index (κ3) is 5.23. The minimum Gasteiger partial charge on any atom is -0.511 e. The third-order valence-corrected chi connectivity index (χ3v) is 5.36. The Labute approximate surface area is 177 Å². The predicted molar refractivity (Wildman–Crippen MR) is 117 cm³/mol. The first-order chi connectivity index (χ1) is 14.1. The van der Waals surface area contributed by atoms with Crippen molar-refractivity contribution in [3.8, 4) is 5.75 Å². The van der Waals surface area contributed by atoms with E-state index in [9.17, 15) is 24.6 Å². The second-order valence-electron chi connectivity index (χ2n) is 8.05. The van der Waals surface area contributed by atoms with Crippen molar-refractivity contribution in [2.75, 3.05) is 0 Å². The number of hydrogen-bond donors (Lipinski definition) is 2. The van der Waals surface area contributed by atoms with Crippen LogP contribution in [0.3, 0.4) is 0 Å². The smallest absolute Gasteiger partial charge is 0.177 e. The molecular formula is C25H28O5. The summed E-state index contributed by atoms with van der Waals surface area (Å²) >= 11 is 0. The maximum atomic E-state index is 13.4. The quantitative estimate of drug-likeness (QED) is 0.345. The molecule has 0 saturated carbocycles. The topological polar surface area (TPSA) is 91.7 Å². The van der Waals surface area contributed by atoms with Crippen molar-refractivity contribution in [3.63, 3.8) is 0 Å². The fourth-order valence-corrected chi connectivity index (χ4v) is 3.50. The molecule has 1 atom stereocenters. The lowest BCUT2D eigenvalue weighted by molar-refractivity contribution is -0.143. The number of phenolic OH excluding ortho intramolecular Hbond substituents is 1. The zero-order valence-corrected chi connectivity index (χ0v) is 17.5. The number of carbonyl (C=O) groups excluding carboxylic acids is 3. The van der Waals surface area contributed by atoms with Gasteiger partial charge in [0.15, 0.2) is 17.3 Å². The normalized spacial score (nSPS) is 18.3. The van der Waals surface area contributed by atoms with Crippen LogP contribution in [0, 0.1) is 11.3 Å². The van der Waals surface area contributed by atoms with Gasteiger partial charge in [0.25, 0.3) is 0 Å². The predicted octanol–water partition coefficient (Wildman–Crippen LogP) is 4.88. The summed E-state index contributed by atoms with van der Waals surface area (Å²) in [7, 11) is 0. The van der Waals surface area contributed by atoms with Crippen LogP contribution >= 0.6 is 0 Å². The van der Waals surface area contributed by atoms with E-state index in [1.165, 1.54) is 24.3 Å². The van der Waals surface area contributed by atoms with Crippen molar-refractivity contribution in [1.29, 1.82) is 0 Å². The molecule has 2 rings (SSSR count). The van der Waals surface area contributed by atoms with Crippen molar-refractivity contribution >= 4 is 23.4 Å². The highest BCUT2D eigenvalue weighted by Gasteiger charge is 2.51. The van der Waals surface area contributed by atoms with Crippen LogP contribution in [0.2, 0.25) is 0 Å². The third-order valence-electron chi connectivity index (χ3n) is 5.36. The molecule has 0 fully saturated rings. The van der Waals surface area contributed by atoms with E-state index in [4.69, 9.17) is 0 Å². The summed E-state index contributed by atoms with van der Waals surface area (Å²) in [5, 5.41) is 20.0. The molecule has 5 nitrogen and oxygen atoms in total. The van der Waals surface area contributed by atoms with Gasteiger partial charge in [0.1, 0.15) is 17.4 Å². The molecule has 1 aromatic rings. The van der Waals surface area contributed by atoms with Crippen molar-refractivity contribution in [1.82, 2.24) is 0 Å². The second kappa shape index (κ2) is 9.53. The van der Waals surface area contributed by atoms with Gasteiger partial charge in [-0.25, -0.2) is 0 Å². The number of benzene rings is 1. The highest BCUT2D eigenvalue weighted by molar-refractivity contribution is 6.28. The average molecular weight is 408 g/mol. The van der Waals surface area contributed by atoms with Crippen LogP contribution in [0.15, 0.2) is 66.5 Å². The molecule has 2 N–H and O–H groups in total. The SMILES string of the molecule is C=C(C)CCC1(CCC(=C)C)C(=O)C(C(=O)C=Cc2ccc(O)cc2)C(=O)C=C1O. The number of Topliss-reactive ketones (excluding diaryl/α,β-unsaturated/α-hetero) is 1. The van der Waals surface area contributed by atoms with Gasteiger partial charge in [0, 0.05) is 6.08 Å². The Balaban J connectivity index is 2.37. The summed E-state index contributed by atoms with van der Waals surface area (Å²) in [5.74, 6) is -3.58. The lowest BCUT2D eigenvalue weighted by Crippen LogP contribution is -2.47. The number of carbonyl (C=O) groups is 3. The molecule has 0 saturated heterocycles. The van der Waals surface area contributed by atoms with Gasteiger partial charge in [-0.1, -0.05) is 29.4 Å². The number of aliphatic hydroxyl groups excluding tert-OH is 1. The fraction of sp³-hybridized carbons (Fsp3) is 0.320. The standard InChI is InChI=1S/C25H28O5/c1-16(2)11-13-25(14-12-17(3)4)22(29)15-21(28)23(24(25)30)20(27)10-7-18-5-8-19(26)9-6-18/h5-10,15,23,26,29H,1,3,11-14H2,2,4H3. The van der Waals surface area contributed by atoms with E-state index in [-0.39, 0.29) is 24.4 Å². The number of allylic oxidation sites excluding steroid dienone is 5. The lowest BCUT2D eigenvalue weighted by Gasteiger charge is -2.37. The zero-order valence-electron chi connectivity index (χ0n) is 17.5. The molecule has 1 aromatic carbocycles. The summed E-state index contributed by atoms with van der Waals surface area (Å²) in [6.45, 7) is 11.4. The molecule has 158 valence electrons. The Kier molecular flexibility index (Phi) is 7.33. The van der Waals surface area contributed by atoms with Crippen molar-refractivity contribution in [3.05, 3.63) is 72.0 Å². The van der Waals surface area contributed by atoms with Crippen molar-refractivity contribution in [2.45, 2.75) is 39.5 Å². The monoisotopic (exact) mass is 408 g/mol. The first-order valence-electron chi connectivity index (χ1n) is 9.86. The zero-order chi connectivity index (χ0) is 22.5. The molecule has 0 spiro atoms. The van der Waals surface area contributed by atoms with Crippen LogP contribution in [0.25, 0.3) is 6.08 Å². The molecule has 30 heavy (non-hydrogen) atoms. The number of hydrogen-bond acceptors (Lipinski definition) is 5. The summed E-state index contributed by atoms with van der Waals surface area (Å²) in [6, 6.07) is 6.17. The largest absolute Gasteiger partial charge is 0.511 e. The number of aromatic hydroxyl groups is 1. The molecule has 0 heterocycles.